The Morgan fingerprint density at radius 3 is 2.80 bits per heavy atom. The number of rotatable bonds is 2. The Morgan fingerprint density at radius 1 is 1.20 bits per heavy atom. The number of hydrogen-bond donors (Lipinski definition) is 2. The van der Waals surface area contributed by atoms with E-state index in [1.54, 1.807) is 6.07 Å². The molecule has 2 aromatic carbocycles. The van der Waals surface area contributed by atoms with Crippen molar-refractivity contribution < 1.29 is 9.90 Å². The molecule has 0 bridgehead atoms. The van der Waals surface area contributed by atoms with Crippen molar-refractivity contribution in [2.24, 2.45) is 0 Å². The topological polar surface area (TPSA) is 49.3 Å². The van der Waals surface area contributed by atoms with Gasteiger partial charge in [-0.25, -0.2) is 0 Å². The Kier molecular flexibility index (Phi) is 3.76. The Balaban J connectivity index is 1.83. The highest BCUT2D eigenvalue weighted by Crippen LogP contribution is 2.31. The maximum Gasteiger partial charge on any atom is 0.251 e. The lowest BCUT2D eigenvalue weighted by Gasteiger charge is -2.18. The van der Waals surface area contributed by atoms with Crippen LogP contribution in [0.3, 0.4) is 0 Å². The van der Waals surface area contributed by atoms with Crippen molar-refractivity contribution in [2.75, 3.05) is 0 Å². The molecule has 2 atom stereocenters. The van der Waals surface area contributed by atoms with E-state index in [2.05, 4.69) is 27.9 Å². The molecule has 0 saturated heterocycles. The number of aliphatic hydroxyl groups excluding tert-OH is 1. The van der Waals surface area contributed by atoms with Crippen molar-refractivity contribution in [3.63, 3.8) is 0 Å². The van der Waals surface area contributed by atoms with Gasteiger partial charge in [0.05, 0.1) is 12.1 Å². The number of nitrogens with one attached hydrogen (secondary N) is 1. The van der Waals surface area contributed by atoms with Gasteiger partial charge in [0.2, 0.25) is 0 Å². The van der Waals surface area contributed by atoms with Gasteiger partial charge in [-0.3, -0.25) is 4.79 Å². The van der Waals surface area contributed by atoms with Crippen LogP contribution >= 0.6 is 22.6 Å². The monoisotopic (exact) mass is 379 g/mol. The SMILES string of the molecule is O=C(N[C@H]1c2ccccc2C[C@H]1O)c1cccc(I)c1. The van der Waals surface area contributed by atoms with E-state index in [0.29, 0.717) is 12.0 Å². The van der Waals surface area contributed by atoms with E-state index in [0.717, 1.165) is 14.7 Å². The van der Waals surface area contributed by atoms with E-state index in [-0.39, 0.29) is 11.9 Å². The summed E-state index contributed by atoms with van der Waals surface area (Å²) >= 11 is 2.18. The van der Waals surface area contributed by atoms with E-state index < -0.39 is 6.10 Å². The summed E-state index contributed by atoms with van der Waals surface area (Å²) in [6, 6.07) is 14.9. The number of aliphatic hydroxyl groups is 1. The van der Waals surface area contributed by atoms with Crippen LogP contribution in [0.4, 0.5) is 0 Å². The summed E-state index contributed by atoms with van der Waals surface area (Å²) in [6.45, 7) is 0. The van der Waals surface area contributed by atoms with Crippen LogP contribution in [0.2, 0.25) is 0 Å². The first-order chi connectivity index (χ1) is 9.65. The highest BCUT2D eigenvalue weighted by Gasteiger charge is 2.31. The van der Waals surface area contributed by atoms with E-state index in [4.69, 9.17) is 0 Å². The minimum atomic E-state index is -0.556. The fourth-order valence-electron chi connectivity index (χ4n) is 2.60. The molecule has 0 aliphatic heterocycles. The predicted octanol–water partition coefficient (Wildman–Crippen LogP) is 2.68. The van der Waals surface area contributed by atoms with Gasteiger partial charge in [0.25, 0.3) is 5.91 Å². The van der Waals surface area contributed by atoms with E-state index >= 15 is 0 Å². The van der Waals surface area contributed by atoms with E-state index in [1.165, 1.54) is 0 Å². The molecule has 0 heterocycles. The van der Waals surface area contributed by atoms with Gasteiger partial charge >= 0.3 is 0 Å². The molecule has 0 spiro atoms. The number of carbonyl (C=O) groups is 1. The lowest BCUT2D eigenvalue weighted by Crippen LogP contribution is -2.33. The normalized spacial score (nSPS) is 20.5. The van der Waals surface area contributed by atoms with Gasteiger partial charge in [0.1, 0.15) is 0 Å². The second-order valence-corrected chi connectivity index (χ2v) is 6.18. The fraction of sp³-hybridized carbons (Fsp3) is 0.188. The average molecular weight is 379 g/mol. The quantitative estimate of drug-likeness (QED) is 0.789. The van der Waals surface area contributed by atoms with Crippen LogP contribution < -0.4 is 5.32 Å². The van der Waals surface area contributed by atoms with Crippen LogP contribution in [0.1, 0.15) is 27.5 Å². The maximum absolute atomic E-state index is 12.3. The molecule has 3 nitrogen and oxygen atoms in total. The highest BCUT2D eigenvalue weighted by molar-refractivity contribution is 14.1. The van der Waals surface area contributed by atoms with Crippen molar-refractivity contribution in [3.05, 3.63) is 68.8 Å². The standard InChI is InChI=1S/C16H14INO2/c17-12-6-3-5-11(8-12)16(20)18-15-13-7-2-1-4-10(13)9-14(15)19/h1-8,14-15,19H,9H2,(H,18,20)/t14-,15+/m1/s1. The van der Waals surface area contributed by atoms with Gasteiger partial charge in [0, 0.05) is 15.6 Å². The van der Waals surface area contributed by atoms with Crippen LogP contribution in [0.25, 0.3) is 0 Å². The first-order valence-electron chi connectivity index (χ1n) is 6.47. The molecule has 4 heteroatoms. The lowest BCUT2D eigenvalue weighted by atomic mass is 10.1. The smallest absolute Gasteiger partial charge is 0.251 e. The molecule has 0 unspecified atom stereocenters. The molecule has 0 saturated carbocycles. The van der Waals surface area contributed by atoms with Gasteiger partial charge < -0.3 is 10.4 Å². The summed E-state index contributed by atoms with van der Waals surface area (Å²) in [5.74, 6) is -0.149. The zero-order chi connectivity index (χ0) is 14.1. The van der Waals surface area contributed by atoms with Crippen molar-refractivity contribution in [2.45, 2.75) is 18.6 Å². The van der Waals surface area contributed by atoms with Crippen molar-refractivity contribution in [3.8, 4) is 0 Å². The number of carbonyl (C=O) groups excluding carboxylic acids is 1. The van der Waals surface area contributed by atoms with Gasteiger partial charge in [-0.1, -0.05) is 30.3 Å². The highest BCUT2D eigenvalue weighted by atomic mass is 127. The number of hydrogen-bond acceptors (Lipinski definition) is 2. The van der Waals surface area contributed by atoms with Crippen LogP contribution in [-0.2, 0) is 6.42 Å². The van der Waals surface area contributed by atoms with E-state index in [1.807, 2.05) is 42.5 Å². The van der Waals surface area contributed by atoms with Crippen LogP contribution in [0.15, 0.2) is 48.5 Å². The summed E-state index contributed by atoms with van der Waals surface area (Å²) in [7, 11) is 0. The molecule has 0 aromatic heterocycles. The summed E-state index contributed by atoms with van der Waals surface area (Å²) in [4.78, 5) is 12.3. The Hall–Kier alpha value is -1.40. The zero-order valence-electron chi connectivity index (χ0n) is 10.7. The molecule has 102 valence electrons. The molecule has 1 amide bonds. The molecular weight excluding hydrogens is 365 g/mol. The lowest BCUT2D eigenvalue weighted by molar-refractivity contribution is 0.0858. The molecule has 2 N–H and O–H groups in total. The van der Waals surface area contributed by atoms with Crippen molar-refractivity contribution in [1.29, 1.82) is 0 Å². The summed E-state index contributed by atoms with van der Waals surface area (Å²) < 4.78 is 1.02. The molecule has 1 aliphatic rings. The van der Waals surface area contributed by atoms with Gasteiger partial charge in [-0.2, -0.15) is 0 Å². The Bertz CT molecular complexity index is 656. The van der Waals surface area contributed by atoms with Crippen molar-refractivity contribution >= 4 is 28.5 Å². The van der Waals surface area contributed by atoms with Crippen LogP contribution in [0, 0.1) is 3.57 Å². The van der Waals surface area contributed by atoms with Crippen molar-refractivity contribution in [1.82, 2.24) is 5.32 Å². The first kappa shape index (κ1) is 13.6. The number of benzene rings is 2. The summed E-state index contributed by atoms with van der Waals surface area (Å²) in [5.41, 5.74) is 2.74. The minimum absolute atomic E-state index is 0.149. The predicted molar refractivity (Wildman–Crippen MR) is 85.5 cm³/mol. The molecule has 20 heavy (non-hydrogen) atoms. The largest absolute Gasteiger partial charge is 0.390 e. The third-order valence-corrected chi connectivity index (χ3v) is 4.25. The average Bonchev–Trinajstić information content (AvgIpc) is 2.75. The fourth-order valence-corrected chi connectivity index (χ4v) is 3.15. The zero-order valence-corrected chi connectivity index (χ0v) is 12.9. The molecule has 1 aliphatic carbocycles. The van der Waals surface area contributed by atoms with Crippen LogP contribution in [-0.4, -0.2) is 17.1 Å². The third kappa shape index (κ3) is 2.58. The Labute approximate surface area is 131 Å². The van der Waals surface area contributed by atoms with E-state index in [9.17, 15) is 9.90 Å². The van der Waals surface area contributed by atoms with Gasteiger partial charge in [-0.15, -0.1) is 0 Å². The third-order valence-electron chi connectivity index (χ3n) is 3.58. The molecular formula is C16H14INO2. The van der Waals surface area contributed by atoms with Gasteiger partial charge in [0.15, 0.2) is 0 Å². The minimum Gasteiger partial charge on any atom is -0.390 e. The molecule has 3 rings (SSSR count). The number of fused-ring (bicyclic) bond motifs is 1. The Morgan fingerprint density at radius 2 is 2.00 bits per heavy atom. The number of amides is 1. The number of halogens is 1. The maximum atomic E-state index is 12.3. The second-order valence-electron chi connectivity index (χ2n) is 4.93. The van der Waals surface area contributed by atoms with Crippen LogP contribution in [0.5, 0.6) is 0 Å². The summed E-state index contributed by atoms with van der Waals surface area (Å²) in [6.07, 6.45) is 0.0344. The second kappa shape index (κ2) is 5.54. The first-order valence-corrected chi connectivity index (χ1v) is 7.55. The molecule has 0 radical (unpaired) electrons. The molecule has 2 aromatic rings. The van der Waals surface area contributed by atoms with Gasteiger partial charge in [-0.05, 0) is 51.9 Å². The summed E-state index contributed by atoms with van der Waals surface area (Å²) in [5, 5.41) is 13.1. The molecule has 0 fully saturated rings.